The van der Waals surface area contributed by atoms with Gasteiger partial charge in [0.2, 0.25) is 10.0 Å². The summed E-state index contributed by atoms with van der Waals surface area (Å²) in [5, 5.41) is 3.24. The fourth-order valence-corrected chi connectivity index (χ4v) is 3.38. The first-order valence-corrected chi connectivity index (χ1v) is 8.05. The van der Waals surface area contributed by atoms with Crippen molar-refractivity contribution in [3.8, 4) is 0 Å². The maximum atomic E-state index is 12.1. The average Bonchev–Trinajstić information content (AvgIpc) is 3.13. The number of hydrogen-bond acceptors (Lipinski definition) is 4. The van der Waals surface area contributed by atoms with E-state index in [4.69, 9.17) is 4.74 Å². The predicted molar refractivity (Wildman–Crippen MR) is 66.4 cm³/mol. The van der Waals surface area contributed by atoms with E-state index < -0.39 is 10.0 Å². The first-order chi connectivity index (χ1) is 8.12. The minimum Gasteiger partial charge on any atom is -0.375 e. The highest BCUT2D eigenvalue weighted by molar-refractivity contribution is 7.89. The van der Waals surface area contributed by atoms with E-state index in [1.165, 1.54) is 12.8 Å². The summed E-state index contributed by atoms with van der Waals surface area (Å²) in [5.41, 5.74) is 0. The fourth-order valence-electron chi connectivity index (χ4n) is 2.00. The van der Waals surface area contributed by atoms with Gasteiger partial charge in [-0.25, -0.2) is 8.42 Å². The van der Waals surface area contributed by atoms with Gasteiger partial charge in [-0.2, -0.15) is 4.31 Å². The number of morpholine rings is 1. The van der Waals surface area contributed by atoms with Crippen LogP contribution in [0.4, 0.5) is 0 Å². The smallest absolute Gasteiger partial charge is 0.215 e. The van der Waals surface area contributed by atoms with Gasteiger partial charge in [-0.3, -0.25) is 0 Å². The van der Waals surface area contributed by atoms with Crippen LogP contribution < -0.4 is 5.32 Å². The first kappa shape index (κ1) is 13.3. The highest BCUT2D eigenvalue weighted by atomic mass is 32.2. The minimum absolute atomic E-state index is 0.0647. The lowest BCUT2D eigenvalue weighted by Crippen LogP contribution is -2.47. The van der Waals surface area contributed by atoms with Crippen molar-refractivity contribution in [1.29, 1.82) is 0 Å². The molecule has 1 N–H and O–H groups in total. The van der Waals surface area contributed by atoms with Crippen molar-refractivity contribution in [3.63, 3.8) is 0 Å². The normalized spacial score (nSPS) is 27.2. The van der Waals surface area contributed by atoms with Crippen LogP contribution in [0.5, 0.6) is 0 Å². The molecule has 5 nitrogen and oxygen atoms in total. The van der Waals surface area contributed by atoms with E-state index in [0.29, 0.717) is 32.3 Å². The van der Waals surface area contributed by atoms with E-state index in [0.717, 1.165) is 6.42 Å². The van der Waals surface area contributed by atoms with Crippen molar-refractivity contribution in [2.75, 3.05) is 32.0 Å². The molecule has 0 amide bonds. The number of rotatable bonds is 6. The van der Waals surface area contributed by atoms with Gasteiger partial charge < -0.3 is 10.1 Å². The molecule has 1 saturated carbocycles. The summed E-state index contributed by atoms with van der Waals surface area (Å²) in [5.74, 6) is 0.208. The lowest BCUT2D eigenvalue weighted by atomic mass is 10.2. The summed E-state index contributed by atoms with van der Waals surface area (Å²) in [6.45, 7) is 4.13. The summed E-state index contributed by atoms with van der Waals surface area (Å²) < 4.78 is 31.2. The number of sulfonamides is 1. The van der Waals surface area contributed by atoms with E-state index >= 15 is 0 Å². The molecule has 0 aromatic rings. The molecule has 17 heavy (non-hydrogen) atoms. The molecule has 0 aromatic carbocycles. The average molecular weight is 262 g/mol. The molecule has 0 radical (unpaired) electrons. The van der Waals surface area contributed by atoms with Crippen molar-refractivity contribution in [1.82, 2.24) is 9.62 Å². The molecule has 1 saturated heterocycles. The van der Waals surface area contributed by atoms with Crippen LogP contribution >= 0.6 is 0 Å². The molecule has 2 fully saturated rings. The summed E-state index contributed by atoms with van der Waals surface area (Å²) in [6, 6.07) is 0.568. The molecule has 1 atom stereocenters. The van der Waals surface area contributed by atoms with E-state index in [1.807, 2.05) is 6.92 Å². The van der Waals surface area contributed by atoms with Crippen LogP contribution in [0, 0.1) is 0 Å². The van der Waals surface area contributed by atoms with Crippen molar-refractivity contribution >= 4 is 10.0 Å². The van der Waals surface area contributed by atoms with E-state index in [-0.39, 0.29) is 11.9 Å². The number of nitrogens with one attached hydrogen (secondary N) is 1. The van der Waals surface area contributed by atoms with Gasteiger partial charge in [-0.05, 0) is 19.3 Å². The molecule has 0 spiro atoms. The first-order valence-electron chi connectivity index (χ1n) is 6.44. The van der Waals surface area contributed by atoms with Gasteiger partial charge in [0.1, 0.15) is 0 Å². The lowest BCUT2D eigenvalue weighted by Gasteiger charge is -2.31. The number of nitrogens with zero attached hydrogens (tertiary/aromatic N) is 1. The Morgan fingerprint density at radius 3 is 2.82 bits per heavy atom. The number of hydrogen-bond donors (Lipinski definition) is 1. The molecule has 2 rings (SSSR count). The van der Waals surface area contributed by atoms with E-state index in [9.17, 15) is 8.42 Å². The quantitative estimate of drug-likeness (QED) is 0.742. The summed E-state index contributed by atoms with van der Waals surface area (Å²) in [4.78, 5) is 0. The molecule has 1 aliphatic carbocycles. The Morgan fingerprint density at radius 1 is 1.41 bits per heavy atom. The molecule has 0 bridgehead atoms. The van der Waals surface area contributed by atoms with Gasteiger partial charge in [0, 0.05) is 25.7 Å². The van der Waals surface area contributed by atoms with Crippen LogP contribution in [0.1, 0.15) is 26.2 Å². The minimum atomic E-state index is -3.10. The van der Waals surface area contributed by atoms with Gasteiger partial charge in [0.25, 0.3) is 0 Å². The molecule has 2 aliphatic rings. The second-order valence-electron chi connectivity index (χ2n) is 4.80. The summed E-state index contributed by atoms with van der Waals surface area (Å²) in [7, 11) is -3.10. The van der Waals surface area contributed by atoms with Crippen LogP contribution in [0.25, 0.3) is 0 Å². The van der Waals surface area contributed by atoms with Crippen LogP contribution in [0.2, 0.25) is 0 Å². The largest absolute Gasteiger partial charge is 0.375 e. The van der Waals surface area contributed by atoms with E-state index in [1.54, 1.807) is 4.31 Å². The zero-order valence-corrected chi connectivity index (χ0v) is 11.2. The summed E-state index contributed by atoms with van der Waals surface area (Å²) >= 11 is 0. The van der Waals surface area contributed by atoms with Crippen LogP contribution in [-0.4, -0.2) is 56.9 Å². The Kier molecular flexibility index (Phi) is 4.41. The topological polar surface area (TPSA) is 58.6 Å². The van der Waals surface area contributed by atoms with Gasteiger partial charge in [-0.15, -0.1) is 0 Å². The Hall–Kier alpha value is -0.170. The molecule has 100 valence electrons. The highest BCUT2D eigenvalue weighted by Crippen LogP contribution is 2.18. The fraction of sp³-hybridized carbons (Fsp3) is 1.00. The second-order valence-corrected chi connectivity index (χ2v) is 6.89. The molecular weight excluding hydrogens is 240 g/mol. The maximum absolute atomic E-state index is 12.1. The predicted octanol–water partition coefficient (Wildman–Crippen LogP) is 0.179. The van der Waals surface area contributed by atoms with E-state index in [2.05, 4.69) is 5.32 Å². The van der Waals surface area contributed by atoms with Gasteiger partial charge in [0.15, 0.2) is 0 Å². The molecule has 1 aliphatic heterocycles. The van der Waals surface area contributed by atoms with Crippen molar-refractivity contribution in [2.45, 2.75) is 38.3 Å². The monoisotopic (exact) mass is 262 g/mol. The third-order valence-corrected chi connectivity index (χ3v) is 5.16. The maximum Gasteiger partial charge on any atom is 0.215 e. The summed E-state index contributed by atoms with van der Waals surface area (Å²) in [6.07, 6.45) is 3.31. The molecule has 1 heterocycles. The highest BCUT2D eigenvalue weighted by Gasteiger charge is 2.29. The van der Waals surface area contributed by atoms with Crippen LogP contribution in [0.15, 0.2) is 0 Å². The SMILES string of the molecule is CCC1CN(S(=O)(=O)CCNC2CC2)CCO1. The molecule has 0 aromatic heterocycles. The Labute approximate surface area is 104 Å². The third kappa shape index (κ3) is 3.91. The van der Waals surface area contributed by atoms with Gasteiger partial charge in [-0.1, -0.05) is 6.92 Å². The van der Waals surface area contributed by atoms with Crippen LogP contribution in [0.3, 0.4) is 0 Å². The number of ether oxygens (including phenoxy) is 1. The van der Waals surface area contributed by atoms with Crippen LogP contribution in [-0.2, 0) is 14.8 Å². The zero-order valence-electron chi connectivity index (χ0n) is 10.4. The van der Waals surface area contributed by atoms with Crippen molar-refractivity contribution < 1.29 is 13.2 Å². The molecule has 6 heteroatoms. The van der Waals surface area contributed by atoms with Gasteiger partial charge in [0.05, 0.1) is 18.5 Å². The van der Waals surface area contributed by atoms with Gasteiger partial charge >= 0.3 is 0 Å². The Morgan fingerprint density at radius 2 is 2.18 bits per heavy atom. The van der Waals surface area contributed by atoms with Crippen molar-refractivity contribution in [3.05, 3.63) is 0 Å². The molecule has 1 unspecified atom stereocenters. The lowest BCUT2D eigenvalue weighted by molar-refractivity contribution is -0.00275. The zero-order chi connectivity index (χ0) is 12.3. The standard InChI is InChI=1S/C11H22N2O3S/c1-2-11-9-13(6-7-16-11)17(14,15)8-5-12-10-3-4-10/h10-12H,2-9H2,1H3. The van der Waals surface area contributed by atoms with Crippen molar-refractivity contribution in [2.24, 2.45) is 0 Å². The second kappa shape index (κ2) is 5.65. The third-order valence-electron chi connectivity index (χ3n) is 3.32. The Balaban J connectivity index is 1.80. The Bertz CT molecular complexity index is 341. The molecular formula is C11H22N2O3S.